The van der Waals surface area contributed by atoms with Gasteiger partial charge in [-0.2, -0.15) is 0 Å². The Hall–Kier alpha value is -3.80. The molecule has 1 N–H and O–H groups in total. The quantitative estimate of drug-likeness (QED) is 0.383. The van der Waals surface area contributed by atoms with E-state index in [9.17, 15) is 14.7 Å². The lowest BCUT2D eigenvalue weighted by Gasteiger charge is -2.24. The number of amides is 1. The molecule has 1 aliphatic heterocycles. The third-order valence-corrected chi connectivity index (χ3v) is 5.68. The highest BCUT2D eigenvalue weighted by molar-refractivity contribution is 6.51. The Morgan fingerprint density at radius 1 is 1.00 bits per heavy atom. The number of anilines is 2. The van der Waals surface area contributed by atoms with Gasteiger partial charge in [-0.1, -0.05) is 12.1 Å². The molecule has 2 heterocycles. The van der Waals surface area contributed by atoms with E-state index in [0.29, 0.717) is 17.0 Å². The van der Waals surface area contributed by atoms with Gasteiger partial charge in [0.1, 0.15) is 17.6 Å². The standard InChI is InChI=1S/C25H24N2O4/c1-15-7-8-17(14-16(15)2)23(28)21-22(20-6-5-13-31-20)27(25(30)24(21)29)19-11-9-18(10-12-19)26(3)4/h5-14,22,28H,1-4H3/b23-21-. The second kappa shape index (κ2) is 7.80. The number of nitrogens with zero attached hydrogens (tertiary/aromatic N) is 2. The van der Waals surface area contributed by atoms with Crippen LogP contribution < -0.4 is 9.80 Å². The Labute approximate surface area is 181 Å². The van der Waals surface area contributed by atoms with Crippen molar-refractivity contribution < 1.29 is 19.1 Å². The van der Waals surface area contributed by atoms with Crippen molar-refractivity contribution in [1.82, 2.24) is 0 Å². The summed E-state index contributed by atoms with van der Waals surface area (Å²) in [6.07, 6.45) is 1.49. The maximum absolute atomic E-state index is 13.1. The Bertz CT molecular complexity index is 1170. The monoisotopic (exact) mass is 416 g/mol. The summed E-state index contributed by atoms with van der Waals surface area (Å²) in [7, 11) is 3.85. The van der Waals surface area contributed by atoms with Gasteiger partial charge in [-0.25, -0.2) is 0 Å². The van der Waals surface area contributed by atoms with Crippen molar-refractivity contribution >= 4 is 28.8 Å². The van der Waals surface area contributed by atoms with Crippen LogP contribution in [-0.4, -0.2) is 30.9 Å². The van der Waals surface area contributed by atoms with Crippen LogP contribution >= 0.6 is 0 Å². The van der Waals surface area contributed by atoms with E-state index in [1.54, 1.807) is 30.3 Å². The fourth-order valence-corrected chi connectivity index (χ4v) is 3.77. The third kappa shape index (κ3) is 3.50. The number of benzene rings is 2. The van der Waals surface area contributed by atoms with E-state index in [-0.39, 0.29) is 11.3 Å². The van der Waals surface area contributed by atoms with Crippen LogP contribution in [0.4, 0.5) is 11.4 Å². The minimum Gasteiger partial charge on any atom is -0.507 e. The number of hydrogen-bond donors (Lipinski definition) is 1. The van der Waals surface area contributed by atoms with Gasteiger partial charge in [0.2, 0.25) is 0 Å². The number of carbonyl (C=O) groups is 2. The SMILES string of the molecule is Cc1ccc(/C(O)=C2/C(=O)C(=O)N(c3ccc(N(C)C)cc3)C2c2ccco2)cc1C. The van der Waals surface area contributed by atoms with Crippen LogP contribution in [-0.2, 0) is 9.59 Å². The summed E-state index contributed by atoms with van der Waals surface area (Å²) >= 11 is 0. The molecule has 0 radical (unpaired) electrons. The average Bonchev–Trinajstić information content (AvgIpc) is 3.37. The topological polar surface area (TPSA) is 74.0 Å². The summed E-state index contributed by atoms with van der Waals surface area (Å²) in [5, 5.41) is 11.1. The van der Waals surface area contributed by atoms with Crippen LogP contribution in [0, 0.1) is 13.8 Å². The number of carbonyl (C=O) groups excluding carboxylic acids is 2. The molecule has 0 saturated carbocycles. The first-order valence-corrected chi connectivity index (χ1v) is 9.99. The molecule has 1 saturated heterocycles. The lowest BCUT2D eigenvalue weighted by Crippen LogP contribution is -2.29. The zero-order valence-corrected chi connectivity index (χ0v) is 17.9. The fraction of sp³-hybridized carbons (Fsp3) is 0.200. The number of hydrogen-bond acceptors (Lipinski definition) is 5. The Morgan fingerprint density at radius 3 is 2.29 bits per heavy atom. The van der Waals surface area contributed by atoms with E-state index in [4.69, 9.17) is 4.42 Å². The molecular weight excluding hydrogens is 392 g/mol. The first kappa shape index (κ1) is 20.5. The highest BCUT2D eigenvalue weighted by Crippen LogP contribution is 2.42. The van der Waals surface area contributed by atoms with E-state index in [1.165, 1.54) is 11.2 Å². The lowest BCUT2D eigenvalue weighted by atomic mass is 9.97. The van der Waals surface area contributed by atoms with Gasteiger partial charge in [0.05, 0.1) is 11.8 Å². The molecule has 2 aromatic carbocycles. The second-order valence-corrected chi connectivity index (χ2v) is 7.89. The molecule has 1 fully saturated rings. The molecule has 0 aliphatic carbocycles. The molecule has 158 valence electrons. The summed E-state index contributed by atoms with van der Waals surface area (Å²) < 4.78 is 5.59. The minimum atomic E-state index is -0.859. The maximum atomic E-state index is 13.1. The number of furan rings is 1. The molecule has 0 bridgehead atoms. The van der Waals surface area contributed by atoms with Gasteiger partial charge < -0.3 is 14.4 Å². The molecule has 1 unspecified atom stereocenters. The van der Waals surface area contributed by atoms with Crippen molar-refractivity contribution in [2.45, 2.75) is 19.9 Å². The third-order valence-electron chi connectivity index (χ3n) is 5.68. The smallest absolute Gasteiger partial charge is 0.300 e. The van der Waals surface area contributed by atoms with Crippen LogP contribution in [0.5, 0.6) is 0 Å². The maximum Gasteiger partial charge on any atom is 0.300 e. The average molecular weight is 416 g/mol. The number of aliphatic hydroxyl groups is 1. The van der Waals surface area contributed by atoms with Gasteiger partial charge in [-0.05, 0) is 67.4 Å². The summed E-state index contributed by atoms with van der Waals surface area (Å²) in [4.78, 5) is 29.5. The molecule has 31 heavy (non-hydrogen) atoms. The number of rotatable bonds is 4. The molecule has 1 aliphatic rings. The van der Waals surface area contributed by atoms with Crippen molar-refractivity contribution in [3.63, 3.8) is 0 Å². The molecule has 3 aromatic rings. The lowest BCUT2D eigenvalue weighted by molar-refractivity contribution is -0.132. The van der Waals surface area contributed by atoms with E-state index >= 15 is 0 Å². The first-order chi connectivity index (χ1) is 14.8. The zero-order valence-electron chi connectivity index (χ0n) is 17.9. The van der Waals surface area contributed by atoms with Gasteiger partial charge in [0, 0.05) is 31.0 Å². The fourth-order valence-electron chi connectivity index (χ4n) is 3.77. The van der Waals surface area contributed by atoms with Crippen molar-refractivity contribution in [3.05, 3.63) is 88.9 Å². The Kier molecular flexibility index (Phi) is 5.15. The summed E-state index contributed by atoms with van der Waals surface area (Å²) in [5.41, 5.74) is 4.06. The number of aryl methyl sites for hydroxylation is 2. The van der Waals surface area contributed by atoms with Crippen molar-refractivity contribution in [2.24, 2.45) is 0 Å². The van der Waals surface area contributed by atoms with E-state index in [1.807, 2.05) is 57.1 Å². The van der Waals surface area contributed by atoms with Crippen LogP contribution in [0.3, 0.4) is 0 Å². The van der Waals surface area contributed by atoms with Gasteiger partial charge >= 0.3 is 0 Å². The first-order valence-electron chi connectivity index (χ1n) is 9.99. The van der Waals surface area contributed by atoms with E-state index < -0.39 is 17.7 Å². The number of ketones is 1. The van der Waals surface area contributed by atoms with Gasteiger partial charge in [0.25, 0.3) is 11.7 Å². The normalized spacial score (nSPS) is 17.9. The van der Waals surface area contributed by atoms with Crippen LogP contribution in [0.25, 0.3) is 5.76 Å². The van der Waals surface area contributed by atoms with Gasteiger partial charge in [0.15, 0.2) is 0 Å². The van der Waals surface area contributed by atoms with E-state index in [0.717, 1.165) is 16.8 Å². The summed E-state index contributed by atoms with van der Waals surface area (Å²) in [6.45, 7) is 3.90. The Morgan fingerprint density at radius 2 is 1.71 bits per heavy atom. The molecule has 1 aromatic heterocycles. The number of Topliss-reactive ketones (excluding diaryl/α,β-unsaturated/α-hetero) is 1. The minimum absolute atomic E-state index is 0.0138. The van der Waals surface area contributed by atoms with Crippen molar-refractivity contribution in [1.29, 1.82) is 0 Å². The zero-order chi connectivity index (χ0) is 22.3. The molecule has 6 heteroatoms. The van der Waals surface area contributed by atoms with Crippen molar-refractivity contribution in [2.75, 3.05) is 23.9 Å². The molecular formula is C25H24N2O4. The molecule has 6 nitrogen and oxygen atoms in total. The highest BCUT2D eigenvalue weighted by atomic mass is 16.3. The highest BCUT2D eigenvalue weighted by Gasteiger charge is 2.48. The van der Waals surface area contributed by atoms with Crippen LogP contribution in [0.15, 0.2) is 70.9 Å². The molecule has 1 atom stereocenters. The largest absolute Gasteiger partial charge is 0.507 e. The molecule has 1 amide bonds. The van der Waals surface area contributed by atoms with Crippen LogP contribution in [0.1, 0.15) is 28.5 Å². The van der Waals surface area contributed by atoms with E-state index in [2.05, 4.69) is 0 Å². The van der Waals surface area contributed by atoms with Crippen molar-refractivity contribution in [3.8, 4) is 0 Å². The van der Waals surface area contributed by atoms with Crippen LogP contribution in [0.2, 0.25) is 0 Å². The predicted octanol–water partition coefficient (Wildman–Crippen LogP) is 4.59. The Balaban J connectivity index is 1.88. The molecule has 4 rings (SSSR count). The second-order valence-electron chi connectivity index (χ2n) is 7.89. The van der Waals surface area contributed by atoms with Gasteiger partial charge in [-0.15, -0.1) is 0 Å². The number of aliphatic hydroxyl groups excluding tert-OH is 1. The summed E-state index contributed by atoms with van der Waals surface area (Å²) in [5.74, 6) is -1.25. The predicted molar refractivity (Wildman–Crippen MR) is 120 cm³/mol. The summed E-state index contributed by atoms with van der Waals surface area (Å²) in [6, 6.07) is 15.3. The van der Waals surface area contributed by atoms with Gasteiger partial charge in [-0.3, -0.25) is 14.5 Å². The molecule has 0 spiro atoms.